The molecule has 5 heteroatoms. The quantitative estimate of drug-likeness (QED) is 0.668. The number of carbonyl (C=O) groups excluding carboxylic acids is 1. The van der Waals surface area contributed by atoms with Crippen LogP contribution in [0.1, 0.15) is 33.1 Å². The summed E-state index contributed by atoms with van der Waals surface area (Å²) in [5.74, 6) is 1.19. The van der Waals surface area contributed by atoms with Crippen molar-refractivity contribution in [3.63, 3.8) is 0 Å². The molecule has 2 aliphatic heterocycles. The first kappa shape index (κ1) is 12.9. The second-order valence-electron chi connectivity index (χ2n) is 6.17. The van der Waals surface area contributed by atoms with E-state index in [1.807, 2.05) is 0 Å². The second kappa shape index (κ2) is 4.80. The highest BCUT2D eigenvalue weighted by atomic mass is 16.7. The van der Waals surface area contributed by atoms with Crippen LogP contribution in [0, 0.1) is 17.8 Å². The zero-order valence-corrected chi connectivity index (χ0v) is 11.4. The van der Waals surface area contributed by atoms with Crippen molar-refractivity contribution in [2.24, 2.45) is 17.8 Å². The molecule has 6 atom stereocenters. The van der Waals surface area contributed by atoms with Crippen molar-refractivity contribution in [1.82, 2.24) is 10.8 Å². The van der Waals surface area contributed by atoms with Crippen LogP contribution in [0.3, 0.4) is 0 Å². The first-order valence-electron chi connectivity index (χ1n) is 7.18. The van der Waals surface area contributed by atoms with E-state index in [1.165, 1.54) is 6.08 Å². The molecular formula is C14H22N2O3. The molecule has 0 aromatic heterocycles. The molecule has 5 nitrogen and oxygen atoms in total. The summed E-state index contributed by atoms with van der Waals surface area (Å²) in [6.07, 6.45) is 4.49. The van der Waals surface area contributed by atoms with Crippen molar-refractivity contribution in [1.29, 1.82) is 0 Å². The fourth-order valence-electron chi connectivity index (χ4n) is 4.09. The van der Waals surface area contributed by atoms with E-state index in [4.69, 9.17) is 4.84 Å². The smallest absolute Gasteiger partial charge is 0.247 e. The van der Waals surface area contributed by atoms with Crippen molar-refractivity contribution in [2.75, 3.05) is 0 Å². The van der Waals surface area contributed by atoms with E-state index in [1.54, 1.807) is 0 Å². The van der Waals surface area contributed by atoms with E-state index < -0.39 is 0 Å². The third kappa shape index (κ3) is 2.25. The largest absolute Gasteiger partial charge is 0.512 e. The molecule has 19 heavy (non-hydrogen) atoms. The van der Waals surface area contributed by atoms with Crippen LogP contribution < -0.4 is 10.8 Å². The number of amides is 1. The molecule has 1 aliphatic carbocycles. The topological polar surface area (TPSA) is 70.6 Å². The average molecular weight is 266 g/mol. The summed E-state index contributed by atoms with van der Waals surface area (Å²) in [6, 6.07) is 0.454. The Morgan fingerprint density at radius 1 is 1.37 bits per heavy atom. The number of aliphatic hydroxyl groups excluding tert-OH is 1. The number of hydrogen-bond acceptors (Lipinski definition) is 4. The molecule has 1 amide bonds. The number of rotatable bonds is 1. The molecule has 3 N–H and O–H groups in total. The van der Waals surface area contributed by atoms with Gasteiger partial charge in [-0.3, -0.25) is 9.63 Å². The predicted molar refractivity (Wildman–Crippen MR) is 70.1 cm³/mol. The number of hydroxylamine groups is 1. The van der Waals surface area contributed by atoms with Gasteiger partial charge in [0.05, 0.1) is 6.10 Å². The van der Waals surface area contributed by atoms with Gasteiger partial charge in [0, 0.05) is 30.0 Å². The zero-order chi connectivity index (χ0) is 13.6. The minimum Gasteiger partial charge on any atom is -0.512 e. The Morgan fingerprint density at radius 2 is 2.16 bits per heavy atom. The van der Waals surface area contributed by atoms with Gasteiger partial charge in [-0.25, -0.2) is 0 Å². The van der Waals surface area contributed by atoms with Gasteiger partial charge in [0.15, 0.2) is 0 Å². The van der Waals surface area contributed by atoms with Gasteiger partial charge in [-0.1, -0.05) is 0 Å². The molecule has 3 aliphatic rings. The molecular weight excluding hydrogens is 244 g/mol. The first-order chi connectivity index (χ1) is 9.06. The Kier molecular flexibility index (Phi) is 3.27. The van der Waals surface area contributed by atoms with Crippen molar-refractivity contribution in [3.8, 4) is 0 Å². The predicted octanol–water partition coefficient (Wildman–Crippen LogP) is 1.27. The van der Waals surface area contributed by atoms with Gasteiger partial charge >= 0.3 is 0 Å². The number of nitrogens with one attached hydrogen (secondary N) is 2. The molecule has 1 saturated carbocycles. The molecule has 3 rings (SSSR count). The lowest BCUT2D eigenvalue weighted by molar-refractivity contribution is -0.119. The average Bonchev–Trinajstić information content (AvgIpc) is 2.69. The van der Waals surface area contributed by atoms with Gasteiger partial charge in [-0.2, -0.15) is 5.48 Å². The second-order valence-corrected chi connectivity index (χ2v) is 6.17. The van der Waals surface area contributed by atoms with Crippen LogP contribution in [0.25, 0.3) is 0 Å². The van der Waals surface area contributed by atoms with Gasteiger partial charge < -0.3 is 10.4 Å². The minimum atomic E-state index is -0.162. The summed E-state index contributed by atoms with van der Waals surface area (Å²) >= 11 is 0. The van der Waals surface area contributed by atoms with Gasteiger partial charge in [-0.15, -0.1) is 0 Å². The van der Waals surface area contributed by atoms with Crippen molar-refractivity contribution in [2.45, 2.75) is 51.3 Å². The minimum absolute atomic E-state index is 0.0800. The maximum atomic E-state index is 11.4. The highest BCUT2D eigenvalue weighted by molar-refractivity contribution is 5.89. The molecule has 6 unspecified atom stereocenters. The molecule has 0 radical (unpaired) electrons. The lowest BCUT2D eigenvalue weighted by atomic mass is 9.68. The third-order valence-corrected chi connectivity index (χ3v) is 4.98. The monoisotopic (exact) mass is 266 g/mol. The van der Waals surface area contributed by atoms with Crippen LogP contribution in [-0.4, -0.2) is 29.2 Å². The molecule has 1 saturated heterocycles. The number of fused-ring (bicyclic) bond motifs is 1. The van der Waals surface area contributed by atoms with E-state index in [2.05, 4.69) is 24.6 Å². The maximum absolute atomic E-state index is 11.4. The van der Waals surface area contributed by atoms with Crippen molar-refractivity contribution >= 4 is 5.91 Å². The lowest BCUT2D eigenvalue weighted by Gasteiger charge is -2.41. The van der Waals surface area contributed by atoms with Gasteiger partial charge in [-0.05, 0) is 39.0 Å². The SMILES string of the molecule is CC1NOC(C)C1C1CCC2NC(=O)C=C(O)C2C1. The summed E-state index contributed by atoms with van der Waals surface area (Å²) < 4.78 is 0. The fraction of sp³-hybridized carbons (Fsp3) is 0.786. The zero-order valence-electron chi connectivity index (χ0n) is 11.4. The van der Waals surface area contributed by atoms with Crippen molar-refractivity contribution in [3.05, 3.63) is 11.8 Å². The number of hydrogen-bond donors (Lipinski definition) is 3. The van der Waals surface area contributed by atoms with Crippen LogP contribution >= 0.6 is 0 Å². The van der Waals surface area contributed by atoms with Crippen LogP contribution in [0.15, 0.2) is 11.8 Å². The van der Waals surface area contributed by atoms with Crippen LogP contribution in [-0.2, 0) is 9.63 Å². The van der Waals surface area contributed by atoms with Gasteiger partial charge in [0.25, 0.3) is 0 Å². The standard InChI is InChI=1S/C14H22N2O3/c1-7-14(8(2)19-16-7)9-3-4-11-10(5-9)12(17)6-13(18)15-11/h6-11,14,16-17H,3-5H2,1-2H3,(H,15,18). The normalized spacial score (nSPS) is 46.4. The maximum Gasteiger partial charge on any atom is 0.247 e. The summed E-state index contributed by atoms with van der Waals surface area (Å²) in [4.78, 5) is 16.9. The first-order valence-corrected chi connectivity index (χ1v) is 7.18. The number of aliphatic hydroxyl groups is 1. The Bertz CT molecular complexity index is 399. The molecule has 106 valence electrons. The Labute approximate surface area is 113 Å². The van der Waals surface area contributed by atoms with Crippen molar-refractivity contribution < 1.29 is 14.7 Å². The van der Waals surface area contributed by atoms with E-state index in [-0.39, 0.29) is 29.7 Å². The fourth-order valence-corrected chi connectivity index (χ4v) is 4.09. The van der Waals surface area contributed by atoms with Gasteiger partial charge in [0.2, 0.25) is 5.91 Å². The van der Waals surface area contributed by atoms with Crippen LogP contribution in [0.5, 0.6) is 0 Å². The summed E-state index contributed by atoms with van der Waals surface area (Å²) in [5, 5.41) is 13.0. The Balaban J connectivity index is 1.75. The molecule has 0 bridgehead atoms. The van der Waals surface area contributed by atoms with E-state index >= 15 is 0 Å². The Hall–Kier alpha value is -1.07. The molecule has 0 aromatic rings. The summed E-state index contributed by atoms with van der Waals surface area (Å²) in [6.45, 7) is 4.25. The summed E-state index contributed by atoms with van der Waals surface area (Å²) in [5.41, 5.74) is 3.06. The van der Waals surface area contributed by atoms with E-state index in [0.29, 0.717) is 17.9 Å². The molecule has 0 spiro atoms. The number of carbonyl (C=O) groups is 1. The van der Waals surface area contributed by atoms with Crippen LogP contribution in [0.2, 0.25) is 0 Å². The van der Waals surface area contributed by atoms with Crippen LogP contribution in [0.4, 0.5) is 0 Å². The Morgan fingerprint density at radius 3 is 2.84 bits per heavy atom. The van der Waals surface area contributed by atoms with E-state index in [9.17, 15) is 9.90 Å². The molecule has 2 fully saturated rings. The van der Waals surface area contributed by atoms with Gasteiger partial charge in [0.1, 0.15) is 5.76 Å². The highest BCUT2D eigenvalue weighted by Crippen LogP contribution is 2.41. The summed E-state index contributed by atoms with van der Waals surface area (Å²) in [7, 11) is 0. The molecule has 0 aromatic carbocycles. The molecule has 2 heterocycles. The lowest BCUT2D eigenvalue weighted by Crippen LogP contribution is -2.49. The highest BCUT2D eigenvalue weighted by Gasteiger charge is 2.44. The third-order valence-electron chi connectivity index (χ3n) is 4.98. The van der Waals surface area contributed by atoms with E-state index in [0.717, 1.165) is 19.3 Å².